The summed E-state index contributed by atoms with van der Waals surface area (Å²) in [4.78, 5) is 12.3. The second-order valence-corrected chi connectivity index (χ2v) is 6.22. The van der Waals surface area contributed by atoms with Crippen LogP contribution in [0.1, 0.15) is 43.6 Å². The molecule has 0 aromatic heterocycles. The van der Waals surface area contributed by atoms with E-state index in [4.69, 9.17) is 4.74 Å². The molecule has 0 aliphatic heterocycles. The summed E-state index contributed by atoms with van der Waals surface area (Å²) < 4.78 is 5.68. The maximum atomic E-state index is 12.3. The van der Waals surface area contributed by atoms with Gasteiger partial charge in [0.05, 0.1) is 6.61 Å². The smallest absolute Gasteiger partial charge is 0.316 e. The van der Waals surface area contributed by atoms with Crippen molar-refractivity contribution in [3.05, 3.63) is 35.9 Å². The van der Waals surface area contributed by atoms with Crippen LogP contribution in [0.2, 0.25) is 0 Å². The molecule has 3 nitrogen and oxygen atoms in total. The molecule has 1 aromatic rings. The number of carbonyl (C=O) groups excluding carboxylic acids is 1. The zero-order valence-corrected chi connectivity index (χ0v) is 11.7. The van der Waals surface area contributed by atoms with Crippen molar-refractivity contribution in [1.29, 1.82) is 0 Å². The number of benzene rings is 1. The van der Waals surface area contributed by atoms with Crippen molar-refractivity contribution >= 4 is 5.97 Å². The zero-order chi connectivity index (χ0) is 13.9. The van der Waals surface area contributed by atoms with E-state index < -0.39 is 5.92 Å². The molecule has 0 amide bonds. The van der Waals surface area contributed by atoms with Gasteiger partial charge < -0.3 is 9.84 Å². The lowest BCUT2D eigenvalue weighted by atomic mass is 9.87. The largest absolute Gasteiger partial charge is 0.462 e. The van der Waals surface area contributed by atoms with Gasteiger partial charge in [0.25, 0.3) is 0 Å². The second kappa shape index (κ2) is 5.96. The van der Waals surface area contributed by atoms with E-state index >= 15 is 0 Å². The van der Waals surface area contributed by atoms with Gasteiger partial charge in [-0.2, -0.15) is 0 Å². The number of aliphatic hydroxyl groups excluding tert-OH is 1. The van der Waals surface area contributed by atoms with Gasteiger partial charge in [-0.25, -0.2) is 0 Å². The van der Waals surface area contributed by atoms with Crippen molar-refractivity contribution in [3.63, 3.8) is 0 Å². The SMILES string of the molecule is O=C(OC1C[C@H]2CC[C@@H](C1)C2)[C@@H](CO)c1ccccc1. The summed E-state index contributed by atoms with van der Waals surface area (Å²) in [6.07, 6.45) is 5.98. The van der Waals surface area contributed by atoms with Gasteiger partial charge in [-0.3, -0.25) is 4.79 Å². The topological polar surface area (TPSA) is 46.5 Å². The normalized spacial score (nSPS) is 29.9. The molecule has 108 valence electrons. The van der Waals surface area contributed by atoms with Gasteiger partial charge in [-0.05, 0) is 36.7 Å². The Morgan fingerprint density at radius 2 is 1.80 bits per heavy atom. The fourth-order valence-corrected chi connectivity index (χ4v) is 3.79. The summed E-state index contributed by atoms with van der Waals surface area (Å²) in [6.45, 7) is -0.192. The molecule has 1 unspecified atom stereocenters. The van der Waals surface area contributed by atoms with Crippen molar-refractivity contribution < 1.29 is 14.6 Å². The molecule has 2 aliphatic rings. The minimum atomic E-state index is -0.546. The van der Waals surface area contributed by atoms with Crippen molar-refractivity contribution in [1.82, 2.24) is 0 Å². The predicted molar refractivity (Wildman–Crippen MR) is 76.2 cm³/mol. The summed E-state index contributed by atoms with van der Waals surface area (Å²) in [5.74, 6) is 0.674. The Morgan fingerprint density at radius 1 is 1.15 bits per heavy atom. The number of esters is 1. The van der Waals surface area contributed by atoms with E-state index in [0.717, 1.165) is 30.2 Å². The average Bonchev–Trinajstić information content (AvgIpc) is 2.80. The lowest BCUT2D eigenvalue weighted by Gasteiger charge is -2.28. The van der Waals surface area contributed by atoms with Gasteiger partial charge in [0.1, 0.15) is 12.0 Å². The molecule has 2 bridgehead atoms. The van der Waals surface area contributed by atoms with Crippen molar-refractivity contribution in [2.24, 2.45) is 11.8 Å². The first-order valence-corrected chi connectivity index (χ1v) is 7.62. The van der Waals surface area contributed by atoms with E-state index in [2.05, 4.69) is 0 Å². The highest BCUT2D eigenvalue weighted by molar-refractivity contribution is 5.78. The Bertz CT molecular complexity index is 445. The summed E-state index contributed by atoms with van der Waals surface area (Å²) in [5.41, 5.74) is 0.832. The third kappa shape index (κ3) is 2.88. The molecule has 20 heavy (non-hydrogen) atoms. The Labute approximate surface area is 120 Å². The van der Waals surface area contributed by atoms with Gasteiger partial charge in [-0.15, -0.1) is 0 Å². The first-order chi connectivity index (χ1) is 9.76. The Balaban J connectivity index is 1.63. The maximum absolute atomic E-state index is 12.3. The van der Waals surface area contributed by atoms with Crippen molar-refractivity contribution in [2.75, 3.05) is 6.61 Å². The monoisotopic (exact) mass is 274 g/mol. The van der Waals surface area contributed by atoms with Crippen LogP contribution in [0.15, 0.2) is 30.3 Å². The third-order valence-electron chi connectivity index (χ3n) is 4.79. The quantitative estimate of drug-likeness (QED) is 0.859. The first kappa shape index (κ1) is 13.6. The first-order valence-electron chi connectivity index (χ1n) is 7.62. The molecule has 0 saturated heterocycles. The molecule has 2 aliphatic carbocycles. The van der Waals surface area contributed by atoms with Gasteiger partial charge in [0, 0.05) is 0 Å². The van der Waals surface area contributed by atoms with Crippen LogP contribution in [0.3, 0.4) is 0 Å². The van der Waals surface area contributed by atoms with Gasteiger partial charge in [0.15, 0.2) is 0 Å². The van der Waals surface area contributed by atoms with E-state index in [-0.39, 0.29) is 18.7 Å². The average molecular weight is 274 g/mol. The fourth-order valence-electron chi connectivity index (χ4n) is 3.79. The highest BCUT2D eigenvalue weighted by Gasteiger charge is 2.36. The number of rotatable bonds is 4. The Hall–Kier alpha value is -1.35. The maximum Gasteiger partial charge on any atom is 0.316 e. The molecule has 2 saturated carbocycles. The lowest BCUT2D eigenvalue weighted by Crippen LogP contribution is -2.29. The number of hydrogen-bond donors (Lipinski definition) is 1. The molecule has 1 aromatic carbocycles. The zero-order valence-electron chi connectivity index (χ0n) is 11.7. The standard InChI is InChI=1S/C17H22O3/c18-11-16(14-4-2-1-3-5-14)17(19)20-15-9-12-6-7-13(8-12)10-15/h1-5,12-13,15-16,18H,6-11H2/t12-,13+,15?,16-/m0/s1. The lowest BCUT2D eigenvalue weighted by molar-refractivity contribution is -0.154. The molecule has 1 N–H and O–H groups in total. The number of ether oxygens (including phenoxy) is 1. The van der Waals surface area contributed by atoms with Gasteiger partial charge in [-0.1, -0.05) is 43.2 Å². The van der Waals surface area contributed by atoms with E-state index in [1.807, 2.05) is 30.3 Å². The van der Waals surface area contributed by atoms with E-state index in [0.29, 0.717) is 0 Å². The summed E-state index contributed by atoms with van der Waals surface area (Å²) in [6, 6.07) is 9.40. The number of fused-ring (bicyclic) bond motifs is 2. The molecule has 0 radical (unpaired) electrons. The third-order valence-corrected chi connectivity index (χ3v) is 4.79. The minimum Gasteiger partial charge on any atom is -0.462 e. The molecule has 3 heteroatoms. The number of carbonyl (C=O) groups is 1. The van der Waals surface area contributed by atoms with Crippen LogP contribution in [0.4, 0.5) is 0 Å². The molecule has 0 heterocycles. The Kier molecular flexibility index (Phi) is 4.06. The summed E-state index contributed by atoms with van der Waals surface area (Å²) in [7, 11) is 0. The minimum absolute atomic E-state index is 0.0616. The van der Waals surface area contributed by atoms with Gasteiger partial charge in [0.2, 0.25) is 0 Å². The van der Waals surface area contributed by atoms with Crippen LogP contribution in [0, 0.1) is 11.8 Å². The van der Waals surface area contributed by atoms with Crippen LogP contribution in [0.5, 0.6) is 0 Å². The summed E-state index contributed by atoms with van der Waals surface area (Å²) in [5, 5.41) is 9.49. The molecular weight excluding hydrogens is 252 g/mol. The highest BCUT2D eigenvalue weighted by atomic mass is 16.5. The van der Waals surface area contributed by atoms with E-state index in [1.165, 1.54) is 19.3 Å². The van der Waals surface area contributed by atoms with Crippen LogP contribution >= 0.6 is 0 Å². The van der Waals surface area contributed by atoms with Gasteiger partial charge >= 0.3 is 5.97 Å². The molecular formula is C17H22O3. The molecule has 2 fully saturated rings. The van der Waals surface area contributed by atoms with Crippen LogP contribution < -0.4 is 0 Å². The number of hydrogen-bond acceptors (Lipinski definition) is 3. The van der Waals surface area contributed by atoms with Crippen molar-refractivity contribution in [3.8, 4) is 0 Å². The van der Waals surface area contributed by atoms with E-state index in [9.17, 15) is 9.90 Å². The second-order valence-electron chi connectivity index (χ2n) is 6.22. The van der Waals surface area contributed by atoms with Crippen LogP contribution in [0.25, 0.3) is 0 Å². The molecule has 3 rings (SSSR count). The predicted octanol–water partition coefficient (Wildman–Crippen LogP) is 2.88. The number of aliphatic hydroxyl groups is 1. The van der Waals surface area contributed by atoms with Crippen LogP contribution in [-0.2, 0) is 9.53 Å². The van der Waals surface area contributed by atoms with Crippen LogP contribution in [-0.4, -0.2) is 23.8 Å². The summed E-state index contributed by atoms with van der Waals surface area (Å²) >= 11 is 0. The highest BCUT2D eigenvalue weighted by Crippen LogP contribution is 2.43. The molecule has 0 spiro atoms. The molecule has 4 atom stereocenters. The fraction of sp³-hybridized carbons (Fsp3) is 0.588. The van der Waals surface area contributed by atoms with Crippen molar-refractivity contribution in [2.45, 2.75) is 44.1 Å². The van der Waals surface area contributed by atoms with E-state index in [1.54, 1.807) is 0 Å². The Morgan fingerprint density at radius 3 is 2.40 bits per heavy atom.